The van der Waals surface area contributed by atoms with E-state index in [0.717, 1.165) is 0 Å². The minimum Gasteiger partial charge on any atom is -0.403 e. The number of hydrogen-bond acceptors (Lipinski definition) is 2. The monoisotopic (exact) mass is 373 g/mol. The zero-order chi connectivity index (χ0) is 15.7. The summed E-state index contributed by atoms with van der Waals surface area (Å²) in [6, 6.07) is 0. The van der Waals surface area contributed by atoms with Gasteiger partial charge in [-0.25, -0.2) is 8.78 Å². The molecule has 1 aromatic heterocycles. The molecule has 0 spiro atoms. The summed E-state index contributed by atoms with van der Waals surface area (Å²) in [6.45, 7) is 0. The van der Waals surface area contributed by atoms with E-state index in [1.54, 1.807) is 0 Å². The van der Waals surface area contributed by atoms with E-state index in [1.165, 1.54) is 0 Å². The second-order valence-corrected chi connectivity index (χ2v) is 3.90. The van der Waals surface area contributed by atoms with Crippen LogP contribution in [0.25, 0.3) is 0 Å². The fourth-order valence-corrected chi connectivity index (χ4v) is 1.72. The summed E-state index contributed by atoms with van der Waals surface area (Å²) < 4.78 is 103. The molecule has 0 aliphatic rings. The Morgan fingerprint density at radius 2 is 1.70 bits per heavy atom. The van der Waals surface area contributed by atoms with Crippen molar-refractivity contribution in [2.24, 2.45) is 0 Å². The van der Waals surface area contributed by atoms with Gasteiger partial charge in [0.1, 0.15) is 5.56 Å². The van der Waals surface area contributed by atoms with E-state index in [-0.39, 0.29) is 6.20 Å². The summed E-state index contributed by atoms with van der Waals surface area (Å²) in [4.78, 5) is 3.12. The number of hydrogen-bond donors (Lipinski definition) is 0. The summed E-state index contributed by atoms with van der Waals surface area (Å²) in [7, 11) is 0. The zero-order valence-electron chi connectivity index (χ0n) is 9.12. The lowest BCUT2D eigenvalue weighted by atomic mass is 10.1. The molecule has 0 saturated heterocycles. The Bertz CT molecular complexity index is 484. The number of nitrogens with zero attached hydrogens (tertiary/aromatic N) is 1. The molecule has 114 valence electrons. The second kappa shape index (κ2) is 5.70. The van der Waals surface area contributed by atoms with Crippen LogP contribution < -0.4 is 4.74 Å². The van der Waals surface area contributed by atoms with Crippen LogP contribution >= 0.6 is 15.9 Å². The highest BCUT2D eigenvalue weighted by molar-refractivity contribution is 9.08. The highest BCUT2D eigenvalue weighted by Gasteiger charge is 2.44. The van der Waals surface area contributed by atoms with Gasteiger partial charge in [0, 0.05) is 11.5 Å². The van der Waals surface area contributed by atoms with Gasteiger partial charge in [0.25, 0.3) is 6.43 Å². The molecular formula is C9H4BrF8NO. The van der Waals surface area contributed by atoms with Crippen molar-refractivity contribution in [3.05, 3.63) is 23.0 Å². The molecule has 11 heteroatoms. The smallest absolute Gasteiger partial charge is 0.403 e. The standard InChI is InChI=1S/C9H4BrF8NO/c10-1-4-6(20-9(16,17)18)5(8(13,14)15)3(2-19-4)7(11)12/h2,7H,1H2. The van der Waals surface area contributed by atoms with E-state index in [0.29, 0.717) is 0 Å². The van der Waals surface area contributed by atoms with Crippen LogP contribution in [-0.4, -0.2) is 11.3 Å². The maximum Gasteiger partial charge on any atom is 0.573 e. The largest absolute Gasteiger partial charge is 0.573 e. The topological polar surface area (TPSA) is 22.1 Å². The predicted molar refractivity (Wildman–Crippen MR) is 53.5 cm³/mol. The molecule has 0 unspecified atom stereocenters. The van der Waals surface area contributed by atoms with Crippen molar-refractivity contribution in [3.8, 4) is 5.75 Å². The van der Waals surface area contributed by atoms with Crippen molar-refractivity contribution in [2.75, 3.05) is 0 Å². The predicted octanol–water partition coefficient (Wildman–Crippen LogP) is 4.83. The first-order chi connectivity index (χ1) is 8.97. The van der Waals surface area contributed by atoms with Crippen LogP contribution in [0, 0.1) is 0 Å². The quantitative estimate of drug-likeness (QED) is 0.559. The molecule has 0 amide bonds. The van der Waals surface area contributed by atoms with Crippen molar-refractivity contribution in [3.63, 3.8) is 0 Å². The van der Waals surface area contributed by atoms with Gasteiger partial charge in [0.15, 0.2) is 5.75 Å². The summed E-state index contributed by atoms with van der Waals surface area (Å²) in [5.74, 6) is -1.78. The maximum atomic E-state index is 12.7. The number of aromatic nitrogens is 1. The van der Waals surface area contributed by atoms with E-state index >= 15 is 0 Å². The fraction of sp³-hybridized carbons (Fsp3) is 0.444. The minimum absolute atomic E-state index is 0.174. The number of ether oxygens (including phenoxy) is 1. The van der Waals surface area contributed by atoms with Crippen LogP contribution in [0.3, 0.4) is 0 Å². The average Bonchev–Trinajstić information content (AvgIpc) is 2.24. The van der Waals surface area contributed by atoms with Crippen LogP contribution in [0.5, 0.6) is 5.75 Å². The van der Waals surface area contributed by atoms with Gasteiger partial charge in [-0.15, -0.1) is 13.2 Å². The van der Waals surface area contributed by atoms with E-state index in [1.807, 2.05) is 0 Å². The van der Waals surface area contributed by atoms with Crippen molar-refractivity contribution in [1.29, 1.82) is 0 Å². The van der Waals surface area contributed by atoms with Gasteiger partial charge >= 0.3 is 12.5 Å². The molecule has 0 bridgehead atoms. The van der Waals surface area contributed by atoms with Crippen molar-refractivity contribution in [2.45, 2.75) is 24.3 Å². The molecule has 0 fully saturated rings. The molecule has 1 aromatic rings. The average molecular weight is 374 g/mol. The second-order valence-electron chi connectivity index (χ2n) is 3.34. The van der Waals surface area contributed by atoms with Crippen LogP contribution in [-0.2, 0) is 11.5 Å². The van der Waals surface area contributed by atoms with Gasteiger partial charge < -0.3 is 4.74 Å². The molecule has 0 radical (unpaired) electrons. The number of alkyl halides is 9. The van der Waals surface area contributed by atoms with Crippen LogP contribution in [0.1, 0.15) is 23.2 Å². The highest BCUT2D eigenvalue weighted by atomic mass is 79.9. The number of rotatable bonds is 3. The molecule has 0 aliphatic heterocycles. The third-order valence-corrected chi connectivity index (χ3v) is 2.53. The summed E-state index contributed by atoms with van der Waals surface area (Å²) in [5, 5.41) is -0.537. The molecule has 0 aliphatic carbocycles. The van der Waals surface area contributed by atoms with Crippen molar-refractivity contribution < 1.29 is 39.9 Å². The van der Waals surface area contributed by atoms with Gasteiger partial charge in [0.05, 0.1) is 11.3 Å². The Morgan fingerprint density at radius 3 is 2.05 bits per heavy atom. The first-order valence-electron chi connectivity index (χ1n) is 4.66. The van der Waals surface area contributed by atoms with Crippen molar-refractivity contribution >= 4 is 15.9 Å². The van der Waals surface area contributed by atoms with E-state index in [2.05, 4.69) is 25.7 Å². The molecule has 1 rings (SSSR count). The fourth-order valence-electron chi connectivity index (χ4n) is 1.32. The van der Waals surface area contributed by atoms with Gasteiger partial charge in [-0.05, 0) is 0 Å². The van der Waals surface area contributed by atoms with Crippen molar-refractivity contribution in [1.82, 2.24) is 4.98 Å². The van der Waals surface area contributed by atoms with Gasteiger partial charge in [-0.1, -0.05) is 15.9 Å². The number of pyridine rings is 1. The SMILES string of the molecule is FC(F)c1cnc(CBr)c(OC(F)(F)F)c1C(F)(F)F. The zero-order valence-corrected chi connectivity index (χ0v) is 10.7. The van der Waals surface area contributed by atoms with E-state index in [4.69, 9.17) is 0 Å². The first-order valence-corrected chi connectivity index (χ1v) is 5.78. The number of halogens is 9. The van der Waals surface area contributed by atoms with Crippen LogP contribution in [0.15, 0.2) is 6.20 Å². The van der Waals surface area contributed by atoms with E-state index < -0.39 is 46.9 Å². The highest BCUT2D eigenvalue weighted by Crippen LogP contribution is 2.44. The Labute approximate surface area is 114 Å². The molecule has 0 N–H and O–H groups in total. The molecule has 0 atom stereocenters. The normalized spacial score (nSPS) is 12.9. The molecule has 0 saturated carbocycles. The van der Waals surface area contributed by atoms with Gasteiger partial charge in [0.2, 0.25) is 0 Å². The lowest BCUT2D eigenvalue weighted by Gasteiger charge is -2.20. The minimum atomic E-state index is -5.47. The Balaban J connectivity index is 3.61. The van der Waals surface area contributed by atoms with Crippen LogP contribution in [0.4, 0.5) is 35.1 Å². The van der Waals surface area contributed by atoms with Gasteiger partial charge in [-0.3, -0.25) is 4.98 Å². The third kappa shape index (κ3) is 3.93. The Morgan fingerprint density at radius 1 is 1.15 bits per heavy atom. The van der Waals surface area contributed by atoms with E-state index in [9.17, 15) is 35.1 Å². The molecule has 0 aromatic carbocycles. The third-order valence-electron chi connectivity index (χ3n) is 2.00. The molecule has 1 heterocycles. The first kappa shape index (κ1) is 16.9. The van der Waals surface area contributed by atoms with Crippen LogP contribution in [0.2, 0.25) is 0 Å². The maximum absolute atomic E-state index is 12.7. The molecular weight excluding hydrogens is 370 g/mol. The summed E-state index contributed by atoms with van der Waals surface area (Å²) >= 11 is 2.61. The lowest BCUT2D eigenvalue weighted by Crippen LogP contribution is -2.23. The molecule has 20 heavy (non-hydrogen) atoms. The summed E-state index contributed by atoms with van der Waals surface area (Å²) in [5.41, 5.74) is -4.66. The Hall–Kier alpha value is -1.13. The summed E-state index contributed by atoms with van der Waals surface area (Å²) in [6.07, 6.45) is -14.4. The van der Waals surface area contributed by atoms with Gasteiger partial charge in [-0.2, -0.15) is 13.2 Å². The Kier molecular flexibility index (Phi) is 4.82. The lowest BCUT2D eigenvalue weighted by molar-refractivity contribution is -0.276. The molecule has 2 nitrogen and oxygen atoms in total.